The first-order valence-corrected chi connectivity index (χ1v) is 10.3. The van der Waals surface area contributed by atoms with Crippen LogP contribution in [0.15, 0.2) is 24.3 Å². The number of ether oxygens (including phenoxy) is 1. The smallest absolute Gasteiger partial charge is 0.211 e. The lowest BCUT2D eigenvalue weighted by Crippen LogP contribution is -2.33. The molecule has 3 rings (SSSR count). The number of halogens is 1. The first kappa shape index (κ1) is 18.3. The van der Waals surface area contributed by atoms with Gasteiger partial charge in [-0.05, 0) is 24.1 Å². The van der Waals surface area contributed by atoms with Crippen molar-refractivity contribution in [1.82, 2.24) is 19.1 Å². The molecule has 0 aliphatic carbocycles. The zero-order valence-corrected chi connectivity index (χ0v) is 15.6. The Bertz CT molecular complexity index is 820. The van der Waals surface area contributed by atoms with Crippen LogP contribution in [-0.4, -0.2) is 53.5 Å². The highest BCUT2D eigenvalue weighted by Crippen LogP contribution is 2.14. The normalized spacial score (nSPS) is 15.2. The molecule has 1 aliphatic rings. The van der Waals surface area contributed by atoms with Gasteiger partial charge in [-0.25, -0.2) is 8.42 Å². The average Bonchev–Trinajstić information content (AvgIpc) is 2.78. The lowest BCUT2D eigenvalue weighted by molar-refractivity contribution is 0.139. The molecule has 0 saturated carbocycles. The van der Waals surface area contributed by atoms with Crippen molar-refractivity contribution in [1.29, 1.82) is 0 Å². The first-order valence-electron chi connectivity index (χ1n) is 8.12. The largest absolute Gasteiger partial charge is 0.379 e. The molecule has 9 heteroatoms. The molecule has 2 aromatic rings. The Morgan fingerprint density at radius 2 is 2.00 bits per heavy atom. The fourth-order valence-corrected chi connectivity index (χ4v) is 3.68. The zero-order chi connectivity index (χ0) is 17.9. The van der Waals surface area contributed by atoms with Crippen LogP contribution in [0.5, 0.6) is 0 Å². The summed E-state index contributed by atoms with van der Waals surface area (Å²) in [6.45, 7) is 2.43. The lowest BCUT2D eigenvalue weighted by Gasteiger charge is -2.20. The van der Waals surface area contributed by atoms with E-state index in [1.807, 2.05) is 16.7 Å². The molecule has 1 aromatic heterocycles. The lowest BCUT2D eigenvalue weighted by atomic mass is 10.1. The molecule has 25 heavy (non-hydrogen) atoms. The number of hydrogen-bond donors (Lipinski definition) is 0. The first-order chi connectivity index (χ1) is 11.9. The van der Waals surface area contributed by atoms with Gasteiger partial charge in [0.1, 0.15) is 11.6 Å². The maximum atomic E-state index is 12.2. The van der Waals surface area contributed by atoms with E-state index in [0.717, 1.165) is 11.4 Å². The molecule has 0 N–H and O–H groups in total. The van der Waals surface area contributed by atoms with E-state index in [9.17, 15) is 8.42 Å². The summed E-state index contributed by atoms with van der Waals surface area (Å²) in [7, 11) is -3.36. The Hall–Kier alpha value is -1.48. The maximum Gasteiger partial charge on any atom is 0.211 e. The summed E-state index contributed by atoms with van der Waals surface area (Å²) in [5.41, 5.74) is 1.03. The molecule has 1 aliphatic heterocycles. The summed E-state index contributed by atoms with van der Waals surface area (Å²) in [6, 6.07) is 7.42. The number of nitrogens with zero attached hydrogens (tertiary/aromatic N) is 4. The molecule has 0 unspecified atom stereocenters. The summed E-state index contributed by atoms with van der Waals surface area (Å²) < 4.78 is 33.2. The Morgan fingerprint density at radius 3 is 2.72 bits per heavy atom. The highest BCUT2D eigenvalue weighted by molar-refractivity contribution is 7.88. The van der Waals surface area contributed by atoms with E-state index in [-0.39, 0.29) is 6.54 Å². The Balaban J connectivity index is 1.73. The molecule has 0 saturated heterocycles. The van der Waals surface area contributed by atoms with Crippen LogP contribution in [-0.2, 0) is 40.7 Å². The number of sulfonamides is 1. The number of hydrogen-bond acceptors (Lipinski definition) is 5. The van der Waals surface area contributed by atoms with Crippen molar-refractivity contribution in [3.8, 4) is 0 Å². The number of rotatable bonds is 6. The van der Waals surface area contributed by atoms with E-state index in [4.69, 9.17) is 16.3 Å². The van der Waals surface area contributed by atoms with Crippen LogP contribution in [0.1, 0.15) is 17.2 Å². The van der Waals surface area contributed by atoms with Gasteiger partial charge in [-0.1, -0.05) is 23.7 Å². The standard InChI is InChI=1S/C16H21ClN4O3S/c1-25(22,23)20(8-6-13-2-4-14(17)5-3-13)12-16-19-18-15-7-10-24-11-9-21(15)16/h2-5H,6-12H2,1H3. The van der Waals surface area contributed by atoms with Gasteiger partial charge < -0.3 is 9.30 Å². The van der Waals surface area contributed by atoms with Crippen molar-refractivity contribution >= 4 is 21.6 Å². The minimum atomic E-state index is -3.36. The van der Waals surface area contributed by atoms with E-state index >= 15 is 0 Å². The van der Waals surface area contributed by atoms with E-state index < -0.39 is 10.0 Å². The van der Waals surface area contributed by atoms with Crippen LogP contribution in [0.2, 0.25) is 5.02 Å². The monoisotopic (exact) mass is 384 g/mol. The van der Waals surface area contributed by atoms with Gasteiger partial charge in [0.05, 0.1) is 26.0 Å². The van der Waals surface area contributed by atoms with E-state index in [1.165, 1.54) is 10.6 Å². The van der Waals surface area contributed by atoms with Gasteiger partial charge in [0, 0.05) is 24.5 Å². The van der Waals surface area contributed by atoms with Gasteiger partial charge in [0.2, 0.25) is 10.0 Å². The Morgan fingerprint density at radius 1 is 1.24 bits per heavy atom. The van der Waals surface area contributed by atoms with Crippen LogP contribution >= 0.6 is 11.6 Å². The van der Waals surface area contributed by atoms with Gasteiger partial charge in [-0.2, -0.15) is 4.31 Å². The molecule has 7 nitrogen and oxygen atoms in total. The van der Waals surface area contributed by atoms with Crippen LogP contribution in [0.4, 0.5) is 0 Å². The molecule has 1 aromatic carbocycles. The average molecular weight is 385 g/mol. The van der Waals surface area contributed by atoms with Crippen molar-refractivity contribution in [2.24, 2.45) is 0 Å². The molecule has 136 valence electrons. The van der Waals surface area contributed by atoms with Crippen molar-refractivity contribution in [3.05, 3.63) is 46.5 Å². The highest BCUT2D eigenvalue weighted by Gasteiger charge is 2.22. The molecule has 0 amide bonds. The van der Waals surface area contributed by atoms with Crippen molar-refractivity contribution in [3.63, 3.8) is 0 Å². The van der Waals surface area contributed by atoms with Gasteiger partial charge in [0.15, 0.2) is 0 Å². The Kier molecular flexibility index (Phi) is 5.73. The second kappa shape index (κ2) is 7.82. The molecular weight excluding hydrogens is 364 g/mol. The van der Waals surface area contributed by atoms with Crippen molar-refractivity contribution in [2.45, 2.75) is 25.9 Å². The van der Waals surface area contributed by atoms with Crippen LogP contribution < -0.4 is 0 Å². The molecule has 0 bridgehead atoms. The van der Waals surface area contributed by atoms with Crippen molar-refractivity contribution < 1.29 is 13.2 Å². The maximum absolute atomic E-state index is 12.2. The minimum Gasteiger partial charge on any atom is -0.379 e. The second-order valence-corrected chi connectivity index (χ2v) is 8.44. The van der Waals surface area contributed by atoms with Gasteiger partial charge >= 0.3 is 0 Å². The SMILES string of the molecule is CS(=O)(=O)N(CCc1ccc(Cl)cc1)Cc1nnc2n1CCOCC2. The summed E-state index contributed by atoms with van der Waals surface area (Å²) in [5, 5.41) is 9.03. The molecule has 0 atom stereocenters. The summed E-state index contributed by atoms with van der Waals surface area (Å²) in [5.74, 6) is 1.50. The van der Waals surface area contributed by atoms with Crippen LogP contribution in [0.3, 0.4) is 0 Å². The topological polar surface area (TPSA) is 77.3 Å². The predicted molar refractivity (Wildman–Crippen MR) is 95.0 cm³/mol. The molecular formula is C16H21ClN4O3S. The van der Waals surface area contributed by atoms with Crippen molar-refractivity contribution in [2.75, 3.05) is 26.0 Å². The van der Waals surface area contributed by atoms with E-state index in [1.54, 1.807) is 12.1 Å². The van der Waals surface area contributed by atoms with Gasteiger partial charge in [-0.15, -0.1) is 10.2 Å². The summed E-state index contributed by atoms with van der Waals surface area (Å²) in [4.78, 5) is 0. The third-order valence-corrected chi connectivity index (χ3v) is 5.68. The number of fused-ring (bicyclic) bond motifs is 1. The van der Waals surface area contributed by atoms with Gasteiger partial charge in [-0.3, -0.25) is 0 Å². The third kappa shape index (κ3) is 4.78. The molecule has 0 spiro atoms. The third-order valence-electron chi connectivity index (χ3n) is 4.18. The number of aromatic nitrogens is 3. The molecule has 0 radical (unpaired) electrons. The van der Waals surface area contributed by atoms with Crippen LogP contribution in [0, 0.1) is 0 Å². The highest BCUT2D eigenvalue weighted by atomic mass is 35.5. The summed E-state index contributed by atoms with van der Waals surface area (Å²) in [6.07, 6.45) is 2.52. The van der Waals surface area contributed by atoms with Gasteiger partial charge in [0.25, 0.3) is 0 Å². The second-order valence-electron chi connectivity index (χ2n) is 6.02. The van der Waals surface area contributed by atoms with E-state index in [0.29, 0.717) is 50.0 Å². The number of benzene rings is 1. The Labute approximate surface area is 152 Å². The van der Waals surface area contributed by atoms with Crippen LogP contribution in [0.25, 0.3) is 0 Å². The molecule has 2 heterocycles. The fourth-order valence-electron chi connectivity index (χ4n) is 2.78. The van der Waals surface area contributed by atoms with E-state index in [2.05, 4.69) is 10.2 Å². The minimum absolute atomic E-state index is 0.208. The zero-order valence-electron chi connectivity index (χ0n) is 14.1. The fraction of sp³-hybridized carbons (Fsp3) is 0.500. The molecule has 0 fully saturated rings. The predicted octanol–water partition coefficient (Wildman–Crippen LogP) is 1.51. The quantitative estimate of drug-likeness (QED) is 0.754. The summed E-state index contributed by atoms with van der Waals surface area (Å²) >= 11 is 5.89.